The van der Waals surface area contributed by atoms with Gasteiger partial charge >= 0.3 is 0 Å². The van der Waals surface area contributed by atoms with Gasteiger partial charge < -0.3 is 5.32 Å². The first-order valence-corrected chi connectivity index (χ1v) is 11.5. The Balaban J connectivity index is 1.90. The monoisotopic (exact) mass is 451 g/mol. The Morgan fingerprint density at radius 1 is 1.06 bits per heavy atom. The van der Waals surface area contributed by atoms with Crippen molar-refractivity contribution >= 4 is 27.9 Å². The number of carbonyl (C=O) groups excluding carboxylic acids is 2. The fourth-order valence-electron chi connectivity index (χ4n) is 3.20. The van der Waals surface area contributed by atoms with Gasteiger partial charge in [-0.3, -0.25) is 18.9 Å². The van der Waals surface area contributed by atoms with Gasteiger partial charge in [-0.1, -0.05) is 30.3 Å². The number of aldehydes is 1. The average Bonchev–Trinajstić information content (AvgIpc) is 2.78. The number of carbonyl (C=O) groups is 2. The van der Waals surface area contributed by atoms with Crippen LogP contribution in [0.4, 0.5) is 5.69 Å². The maximum absolute atomic E-state index is 13.5. The Hall–Kier alpha value is -3.52. The highest BCUT2D eigenvalue weighted by molar-refractivity contribution is 7.92. The van der Waals surface area contributed by atoms with Crippen LogP contribution in [0, 0.1) is 20.8 Å². The third-order valence-electron chi connectivity index (χ3n) is 5.18. The van der Waals surface area contributed by atoms with Crippen molar-refractivity contribution in [1.82, 2.24) is 10.3 Å². The molecule has 7 nitrogen and oxygen atoms in total. The molecule has 0 unspecified atom stereocenters. The van der Waals surface area contributed by atoms with E-state index >= 15 is 0 Å². The van der Waals surface area contributed by atoms with E-state index in [1.54, 1.807) is 49.4 Å². The first-order valence-electron chi connectivity index (χ1n) is 10.0. The van der Waals surface area contributed by atoms with Gasteiger partial charge in [-0.15, -0.1) is 0 Å². The molecule has 1 N–H and O–H groups in total. The molecule has 0 aliphatic rings. The minimum absolute atomic E-state index is 0.00971. The normalized spacial score (nSPS) is 11.1. The van der Waals surface area contributed by atoms with Gasteiger partial charge in [-0.2, -0.15) is 0 Å². The molecule has 0 fully saturated rings. The molecule has 0 spiro atoms. The van der Waals surface area contributed by atoms with E-state index < -0.39 is 22.5 Å². The molecule has 0 saturated carbocycles. The van der Waals surface area contributed by atoms with Crippen LogP contribution >= 0.6 is 0 Å². The molecule has 2 aromatic carbocycles. The molecule has 0 bridgehead atoms. The van der Waals surface area contributed by atoms with Crippen LogP contribution in [0.2, 0.25) is 0 Å². The third kappa shape index (κ3) is 5.20. The van der Waals surface area contributed by atoms with Crippen molar-refractivity contribution in [2.75, 3.05) is 10.8 Å². The fourth-order valence-corrected chi connectivity index (χ4v) is 4.63. The molecule has 1 heterocycles. The Bertz CT molecular complexity index is 1240. The third-order valence-corrected chi connectivity index (χ3v) is 6.92. The average molecular weight is 452 g/mol. The summed E-state index contributed by atoms with van der Waals surface area (Å²) in [6.45, 7) is 5.26. The molecule has 1 aromatic heterocycles. The zero-order valence-corrected chi connectivity index (χ0v) is 19.0. The Morgan fingerprint density at radius 2 is 1.81 bits per heavy atom. The van der Waals surface area contributed by atoms with Gasteiger partial charge in [-0.25, -0.2) is 8.42 Å². The van der Waals surface area contributed by atoms with Crippen LogP contribution < -0.4 is 9.62 Å². The lowest BCUT2D eigenvalue weighted by atomic mass is 10.1. The quantitative estimate of drug-likeness (QED) is 0.530. The number of aromatic nitrogens is 1. The van der Waals surface area contributed by atoms with Crippen LogP contribution in [-0.2, 0) is 21.4 Å². The molecular weight excluding hydrogens is 426 g/mol. The van der Waals surface area contributed by atoms with Crippen LogP contribution in [-0.4, -0.2) is 32.1 Å². The lowest BCUT2D eigenvalue weighted by Crippen LogP contribution is -2.41. The van der Waals surface area contributed by atoms with Crippen LogP contribution in [0.1, 0.15) is 32.7 Å². The lowest BCUT2D eigenvalue weighted by molar-refractivity contribution is -0.119. The predicted octanol–water partition coefficient (Wildman–Crippen LogP) is 3.33. The SMILES string of the molecule is Cc1ccc(S(=O)(=O)N(CC(=O)NCc2cccc(C=O)c2)c2cccc(C)c2C)cn1. The van der Waals surface area contributed by atoms with E-state index in [1.807, 2.05) is 19.9 Å². The number of pyridine rings is 1. The van der Waals surface area contributed by atoms with Crippen molar-refractivity contribution in [1.29, 1.82) is 0 Å². The highest BCUT2D eigenvalue weighted by atomic mass is 32.2. The number of benzene rings is 2. The smallest absolute Gasteiger partial charge is 0.266 e. The highest BCUT2D eigenvalue weighted by Crippen LogP contribution is 2.28. The van der Waals surface area contributed by atoms with Crippen LogP contribution in [0.3, 0.4) is 0 Å². The zero-order valence-electron chi connectivity index (χ0n) is 18.2. The number of anilines is 1. The van der Waals surface area contributed by atoms with Crippen LogP contribution in [0.25, 0.3) is 0 Å². The maximum Gasteiger partial charge on any atom is 0.266 e. The number of hydrogen-bond acceptors (Lipinski definition) is 5. The van der Waals surface area contributed by atoms with Gasteiger partial charge in [0.1, 0.15) is 17.7 Å². The molecule has 3 rings (SSSR count). The fraction of sp³-hybridized carbons (Fsp3) is 0.208. The number of rotatable bonds is 8. The summed E-state index contributed by atoms with van der Waals surface area (Å²) in [6.07, 6.45) is 2.03. The van der Waals surface area contributed by atoms with Gasteiger partial charge in [-0.05, 0) is 61.7 Å². The van der Waals surface area contributed by atoms with Crippen LogP contribution in [0.5, 0.6) is 0 Å². The van der Waals surface area contributed by atoms with E-state index in [4.69, 9.17) is 0 Å². The first kappa shape index (κ1) is 23.1. The van der Waals surface area contributed by atoms with Crippen molar-refractivity contribution in [2.45, 2.75) is 32.2 Å². The predicted molar refractivity (Wildman–Crippen MR) is 123 cm³/mol. The Labute approximate surface area is 188 Å². The van der Waals surface area contributed by atoms with E-state index in [0.717, 1.165) is 27.3 Å². The van der Waals surface area contributed by atoms with Crippen molar-refractivity contribution < 1.29 is 18.0 Å². The maximum atomic E-state index is 13.5. The second-order valence-electron chi connectivity index (χ2n) is 7.51. The van der Waals surface area contributed by atoms with E-state index in [-0.39, 0.29) is 11.4 Å². The summed E-state index contributed by atoms with van der Waals surface area (Å²) in [4.78, 5) is 27.8. The minimum atomic E-state index is -4.04. The van der Waals surface area contributed by atoms with Gasteiger partial charge in [0.15, 0.2) is 0 Å². The number of amides is 1. The van der Waals surface area contributed by atoms with E-state index in [0.29, 0.717) is 16.9 Å². The lowest BCUT2D eigenvalue weighted by Gasteiger charge is -2.26. The summed E-state index contributed by atoms with van der Waals surface area (Å²) in [5.41, 5.74) is 4.05. The van der Waals surface area contributed by atoms with Crippen molar-refractivity contribution in [3.05, 3.63) is 88.7 Å². The molecular formula is C24H25N3O4S. The molecule has 0 aliphatic heterocycles. The second kappa shape index (κ2) is 9.74. The minimum Gasteiger partial charge on any atom is -0.350 e. The Kier molecular flexibility index (Phi) is 7.05. The summed E-state index contributed by atoms with van der Waals surface area (Å²) < 4.78 is 28.0. The molecule has 166 valence electrons. The molecule has 3 aromatic rings. The number of nitrogens with zero attached hydrogens (tertiary/aromatic N) is 2. The number of aryl methyl sites for hydroxylation is 2. The number of nitrogens with one attached hydrogen (secondary N) is 1. The van der Waals surface area contributed by atoms with E-state index in [9.17, 15) is 18.0 Å². The van der Waals surface area contributed by atoms with E-state index in [2.05, 4.69) is 10.3 Å². The first-order chi connectivity index (χ1) is 15.2. The highest BCUT2D eigenvalue weighted by Gasteiger charge is 2.28. The van der Waals surface area contributed by atoms with Gasteiger partial charge in [0.25, 0.3) is 10.0 Å². The van der Waals surface area contributed by atoms with Crippen molar-refractivity contribution in [3.63, 3.8) is 0 Å². The molecule has 32 heavy (non-hydrogen) atoms. The van der Waals surface area contributed by atoms with Gasteiger partial charge in [0, 0.05) is 24.0 Å². The Morgan fingerprint density at radius 3 is 2.50 bits per heavy atom. The standard InChI is InChI=1S/C24H25N3O4S/c1-17-6-4-9-23(19(17)3)27(32(30,31)22-11-10-18(2)25-14-22)15-24(29)26-13-20-7-5-8-21(12-20)16-28/h4-12,14,16H,13,15H2,1-3H3,(H,26,29). The summed E-state index contributed by atoms with van der Waals surface area (Å²) in [5.74, 6) is -0.467. The molecule has 0 saturated heterocycles. The second-order valence-corrected chi connectivity index (χ2v) is 9.37. The van der Waals surface area contributed by atoms with Crippen molar-refractivity contribution in [3.8, 4) is 0 Å². The van der Waals surface area contributed by atoms with Gasteiger partial charge in [0.05, 0.1) is 5.69 Å². The van der Waals surface area contributed by atoms with Crippen molar-refractivity contribution in [2.24, 2.45) is 0 Å². The zero-order chi connectivity index (χ0) is 23.3. The molecule has 1 amide bonds. The molecule has 0 atom stereocenters. The van der Waals surface area contributed by atoms with Gasteiger partial charge in [0.2, 0.25) is 5.91 Å². The van der Waals surface area contributed by atoms with Crippen LogP contribution in [0.15, 0.2) is 65.7 Å². The van der Waals surface area contributed by atoms with E-state index in [1.165, 1.54) is 12.3 Å². The summed E-state index contributed by atoms with van der Waals surface area (Å²) in [5, 5.41) is 2.74. The summed E-state index contributed by atoms with van der Waals surface area (Å²) in [6, 6.07) is 15.3. The molecule has 0 aliphatic carbocycles. The topological polar surface area (TPSA) is 96.4 Å². The largest absolute Gasteiger partial charge is 0.350 e. The molecule has 8 heteroatoms. The summed E-state index contributed by atoms with van der Waals surface area (Å²) >= 11 is 0. The summed E-state index contributed by atoms with van der Waals surface area (Å²) in [7, 11) is -4.04. The number of hydrogen-bond donors (Lipinski definition) is 1. The molecule has 0 radical (unpaired) electrons. The number of sulfonamides is 1.